The van der Waals surface area contributed by atoms with Crippen LogP contribution in [-0.2, 0) is 0 Å². The van der Waals surface area contributed by atoms with Crippen LogP contribution >= 0.6 is 9.39 Å². The lowest BCUT2D eigenvalue weighted by Crippen LogP contribution is -1.83. The molecule has 0 aliphatic carbocycles. The monoisotopic (exact) mass is 150 g/mol. The predicted octanol–water partition coefficient (Wildman–Crippen LogP) is 1.76. The highest BCUT2D eigenvalue weighted by Gasteiger charge is 1.94. The average molecular weight is 150 g/mol. The Morgan fingerprint density at radius 1 is 1.40 bits per heavy atom. The highest BCUT2D eigenvalue weighted by molar-refractivity contribution is 7.18. The van der Waals surface area contributed by atoms with Crippen LogP contribution < -0.4 is 5.09 Å². The second-order valence-corrected chi connectivity index (χ2v) is 2.09. The van der Waals surface area contributed by atoms with Crippen LogP contribution in [0.4, 0.5) is 5.69 Å². The normalized spacial score (nSPS) is 8.40. The Kier molecular flexibility index (Phi) is 2.25. The number of anilines is 1. The van der Waals surface area contributed by atoms with Crippen molar-refractivity contribution in [2.45, 2.75) is 0 Å². The Labute approximate surface area is 62.1 Å². The SMILES string of the molecule is N#Cc1ccccc1NP. The fourth-order valence-electron chi connectivity index (χ4n) is 0.706. The van der Waals surface area contributed by atoms with Crippen LogP contribution in [0.3, 0.4) is 0 Å². The van der Waals surface area contributed by atoms with Gasteiger partial charge in [0.25, 0.3) is 0 Å². The smallest absolute Gasteiger partial charge is 0.101 e. The summed E-state index contributed by atoms with van der Waals surface area (Å²) in [6.07, 6.45) is 0. The minimum Gasteiger partial charge on any atom is -0.368 e. The average Bonchev–Trinajstić information content (AvgIpc) is 2.04. The zero-order valence-electron chi connectivity index (χ0n) is 5.33. The highest BCUT2D eigenvalue weighted by Crippen LogP contribution is 2.14. The molecule has 1 aromatic carbocycles. The first-order valence-electron chi connectivity index (χ1n) is 2.84. The van der Waals surface area contributed by atoms with Gasteiger partial charge in [-0.1, -0.05) is 12.1 Å². The predicted molar refractivity (Wildman–Crippen MR) is 44.5 cm³/mol. The molecule has 1 rings (SSSR count). The van der Waals surface area contributed by atoms with E-state index in [1.807, 2.05) is 18.2 Å². The van der Waals surface area contributed by atoms with Crippen molar-refractivity contribution in [2.24, 2.45) is 0 Å². The molecule has 0 aliphatic heterocycles. The fraction of sp³-hybridized carbons (Fsp3) is 0. The third kappa shape index (κ3) is 1.26. The summed E-state index contributed by atoms with van der Waals surface area (Å²) >= 11 is 0. The molecule has 0 radical (unpaired) electrons. The van der Waals surface area contributed by atoms with Gasteiger partial charge in [0.2, 0.25) is 0 Å². The zero-order chi connectivity index (χ0) is 7.40. The van der Waals surface area contributed by atoms with E-state index in [-0.39, 0.29) is 0 Å². The van der Waals surface area contributed by atoms with Crippen molar-refractivity contribution in [3.63, 3.8) is 0 Å². The zero-order valence-corrected chi connectivity index (χ0v) is 6.49. The van der Waals surface area contributed by atoms with Gasteiger partial charge in [0.1, 0.15) is 6.07 Å². The maximum atomic E-state index is 8.55. The Bertz CT molecular complexity index is 265. The summed E-state index contributed by atoms with van der Waals surface area (Å²) in [5.74, 6) is 0. The topological polar surface area (TPSA) is 35.8 Å². The highest BCUT2D eigenvalue weighted by atomic mass is 31.0. The first kappa shape index (κ1) is 7.05. The van der Waals surface area contributed by atoms with E-state index in [9.17, 15) is 0 Å². The molecule has 0 heterocycles. The number of nitrogens with zero attached hydrogens (tertiary/aromatic N) is 1. The van der Waals surface area contributed by atoms with Crippen molar-refractivity contribution in [1.82, 2.24) is 0 Å². The third-order valence-electron chi connectivity index (χ3n) is 1.20. The van der Waals surface area contributed by atoms with Gasteiger partial charge < -0.3 is 5.09 Å². The molecule has 0 saturated heterocycles. The largest absolute Gasteiger partial charge is 0.368 e. The van der Waals surface area contributed by atoms with Crippen LogP contribution in [0.15, 0.2) is 24.3 Å². The lowest BCUT2D eigenvalue weighted by Gasteiger charge is -1.98. The third-order valence-corrected chi connectivity index (χ3v) is 1.51. The lowest BCUT2D eigenvalue weighted by atomic mass is 10.2. The fourth-order valence-corrected chi connectivity index (χ4v) is 0.958. The Morgan fingerprint density at radius 3 is 2.60 bits per heavy atom. The summed E-state index contributed by atoms with van der Waals surface area (Å²) in [4.78, 5) is 0. The van der Waals surface area contributed by atoms with Crippen LogP contribution in [0.25, 0.3) is 0 Å². The minimum atomic E-state index is 0.664. The molecule has 1 N–H and O–H groups in total. The summed E-state index contributed by atoms with van der Waals surface area (Å²) in [6, 6.07) is 9.41. The van der Waals surface area contributed by atoms with E-state index < -0.39 is 0 Å². The molecule has 0 saturated carbocycles. The molecule has 0 aromatic heterocycles. The van der Waals surface area contributed by atoms with E-state index in [1.165, 1.54) is 0 Å². The number of nitriles is 1. The van der Waals surface area contributed by atoms with E-state index >= 15 is 0 Å². The molecule has 1 unspecified atom stereocenters. The molecule has 10 heavy (non-hydrogen) atoms. The Hall–Kier alpha value is -1.06. The van der Waals surface area contributed by atoms with Crippen LogP contribution in [-0.4, -0.2) is 0 Å². The van der Waals surface area contributed by atoms with Gasteiger partial charge in [0.15, 0.2) is 0 Å². The van der Waals surface area contributed by atoms with Crippen molar-refractivity contribution in [1.29, 1.82) is 5.26 Å². The molecule has 0 aliphatic rings. The van der Waals surface area contributed by atoms with Gasteiger partial charge in [0, 0.05) is 0 Å². The summed E-state index contributed by atoms with van der Waals surface area (Å²) in [6.45, 7) is 0. The van der Waals surface area contributed by atoms with Gasteiger partial charge in [-0.2, -0.15) is 5.26 Å². The number of para-hydroxylation sites is 1. The number of rotatable bonds is 1. The van der Waals surface area contributed by atoms with Gasteiger partial charge in [-0.3, -0.25) is 0 Å². The molecule has 50 valence electrons. The first-order valence-corrected chi connectivity index (χ1v) is 3.42. The number of hydrogen-bond acceptors (Lipinski definition) is 2. The summed E-state index contributed by atoms with van der Waals surface area (Å²) in [5.41, 5.74) is 1.51. The Balaban J connectivity index is 3.12. The van der Waals surface area contributed by atoms with Crippen LogP contribution in [0.5, 0.6) is 0 Å². The van der Waals surface area contributed by atoms with E-state index in [1.54, 1.807) is 6.07 Å². The molecule has 0 fully saturated rings. The van der Waals surface area contributed by atoms with Crippen LogP contribution in [0.2, 0.25) is 0 Å². The van der Waals surface area contributed by atoms with Crippen molar-refractivity contribution in [2.75, 3.05) is 5.09 Å². The molecular weight excluding hydrogens is 143 g/mol. The van der Waals surface area contributed by atoms with Gasteiger partial charge in [-0.05, 0) is 21.5 Å². The second-order valence-electron chi connectivity index (χ2n) is 1.80. The lowest BCUT2D eigenvalue weighted by molar-refractivity contribution is 1.48. The maximum absolute atomic E-state index is 8.55. The summed E-state index contributed by atoms with van der Waals surface area (Å²) < 4.78 is 0. The Morgan fingerprint density at radius 2 is 2.10 bits per heavy atom. The molecule has 2 nitrogen and oxygen atoms in total. The number of hydrogen-bond donors (Lipinski definition) is 1. The number of nitrogens with one attached hydrogen (secondary N) is 1. The maximum Gasteiger partial charge on any atom is 0.101 e. The van der Waals surface area contributed by atoms with Crippen molar-refractivity contribution < 1.29 is 0 Å². The van der Waals surface area contributed by atoms with Gasteiger partial charge >= 0.3 is 0 Å². The molecule has 0 amide bonds. The number of benzene rings is 1. The van der Waals surface area contributed by atoms with Crippen LogP contribution in [0.1, 0.15) is 5.56 Å². The molecule has 3 heteroatoms. The molecule has 1 aromatic rings. The van der Waals surface area contributed by atoms with Crippen LogP contribution in [0, 0.1) is 11.3 Å². The molecule has 1 atom stereocenters. The molecular formula is C7H7N2P. The van der Waals surface area contributed by atoms with E-state index in [0.29, 0.717) is 5.56 Å². The van der Waals surface area contributed by atoms with Crippen molar-refractivity contribution in [3.8, 4) is 6.07 Å². The van der Waals surface area contributed by atoms with Crippen molar-refractivity contribution >= 4 is 15.1 Å². The van der Waals surface area contributed by atoms with Crippen molar-refractivity contribution in [3.05, 3.63) is 29.8 Å². The quantitative estimate of drug-likeness (QED) is 0.619. The van der Waals surface area contributed by atoms with Gasteiger partial charge in [-0.25, -0.2) is 0 Å². The minimum absolute atomic E-state index is 0.664. The molecule has 0 spiro atoms. The molecule has 0 bridgehead atoms. The second kappa shape index (κ2) is 3.20. The summed E-state index contributed by atoms with van der Waals surface area (Å²) in [7, 11) is 2.36. The van der Waals surface area contributed by atoms with E-state index in [0.717, 1.165) is 5.69 Å². The van der Waals surface area contributed by atoms with E-state index in [4.69, 9.17) is 5.26 Å². The first-order chi connectivity index (χ1) is 4.88. The summed E-state index contributed by atoms with van der Waals surface area (Å²) in [5, 5.41) is 11.4. The van der Waals surface area contributed by atoms with Gasteiger partial charge in [-0.15, -0.1) is 0 Å². The van der Waals surface area contributed by atoms with Gasteiger partial charge in [0.05, 0.1) is 11.3 Å². The standard InChI is InChI=1S/C7H7N2P/c8-5-6-3-1-2-4-7(6)9-10/h1-4,9H,10H2. The van der Waals surface area contributed by atoms with E-state index in [2.05, 4.69) is 20.5 Å².